The van der Waals surface area contributed by atoms with Gasteiger partial charge in [0.1, 0.15) is 0 Å². The Morgan fingerprint density at radius 2 is 1.86 bits per heavy atom. The average Bonchev–Trinajstić information content (AvgIpc) is 2.23. The first-order valence-corrected chi connectivity index (χ1v) is 5.86. The molecule has 0 heteroatoms. The van der Waals surface area contributed by atoms with Crippen LogP contribution in [0.1, 0.15) is 47.0 Å². The highest BCUT2D eigenvalue weighted by molar-refractivity contribution is 5.00. The van der Waals surface area contributed by atoms with Crippen molar-refractivity contribution in [2.75, 3.05) is 0 Å². The minimum absolute atomic E-state index is 0.632. The monoisotopic (exact) mass is 194 g/mol. The maximum atomic E-state index is 4.15. The number of hydrogen-bond acceptors (Lipinski definition) is 0. The van der Waals surface area contributed by atoms with Gasteiger partial charge in [0.05, 0.1) is 0 Å². The summed E-state index contributed by atoms with van der Waals surface area (Å²) in [7, 11) is 0. The zero-order chi connectivity index (χ0) is 11.1. The van der Waals surface area contributed by atoms with E-state index in [1.807, 2.05) is 0 Å². The lowest BCUT2D eigenvalue weighted by Gasteiger charge is -2.26. The lowest BCUT2D eigenvalue weighted by molar-refractivity contribution is 0.331. The Balaban J connectivity index is 4.24. The molecular weight excluding hydrogens is 168 g/mol. The second-order valence-corrected chi connectivity index (χ2v) is 4.42. The highest BCUT2D eigenvalue weighted by Crippen LogP contribution is 2.29. The molecule has 0 nitrogen and oxygen atoms in total. The maximum Gasteiger partial charge on any atom is -0.0206 e. The molecular formula is C14H26. The van der Waals surface area contributed by atoms with Crippen LogP contribution in [0.3, 0.4) is 0 Å². The van der Waals surface area contributed by atoms with Gasteiger partial charge in [0.25, 0.3) is 0 Å². The fourth-order valence-corrected chi connectivity index (χ4v) is 1.95. The van der Waals surface area contributed by atoms with E-state index in [9.17, 15) is 0 Å². The van der Waals surface area contributed by atoms with Gasteiger partial charge in [-0.2, -0.15) is 0 Å². The molecule has 0 bridgehead atoms. The fraction of sp³-hybridized carbons (Fsp3) is 0.714. The number of allylic oxidation sites excluding steroid dienone is 2. The molecule has 0 amide bonds. The summed E-state index contributed by atoms with van der Waals surface area (Å²) < 4.78 is 0. The van der Waals surface area contributed by atoms with Crippen LogP contribution < -0.4 is 0 Å². The van der Waals surface area contributed by atoms with E-state index in [2.05, 4.69) is 46.9 Å². The van der Waals surface area contributed by atoms with E-state index in [4.69, 9.17) is 0 Å². The van der Waals surface area contributed by atoms with Gasteiger partial charge < -0.3 is 0 Å². The molecule has 3 atom stereocenters. The molecule has 3 unspecified atom stereocenters. The van der Waals surface area contributed by atoms with E-state index < -0.39 is 0 Å². The molecule has 82 valence electrons. The predicted molar refractivity (Wildman–Crippen MR) is 66.4 cm³/mol. The van der Waals surface area contributed by atoms with Crippen molar-refractivity contribution in [1.82, 2.24) is 0 Å². The van der Waals surface area contributed by atoms with Crippen molar-refractivity contribution >= 4 is 0 Å². The molecule has 0 aromatic carbocycles. The van der Waals surface area contributed by atoms with Crippen LogP contribution in [0.4, 0.5) is 0 Å². The second kappa shape index (κ2) is 6.86. The molecule has 0 aromatic heterocycles. The highest BCUT2D eigenvalue weighted by Gasteiger charge is 2.18. The van der Waals surface area contributed by atoms with Crippen molar-refractivity contribution in [2.24, 2.45) is 17.8 Å². The molecule has 14 heavy (non-hydrogen) atoms. The molecule has 0 saturated heterocycles. The second-order valence-electron chi connectivity index (χ2n) is 4.42. The van der Waals surface area contributed by atoms with Crippen LogP contribution >= 0.6 is 0 Å². The van der Waals surface area contributed by atoms with Gasteiger partial charge >= 0.3 is 0 Å². The quantitative estimate of drug-likeness (QED) is 0.509. The summed E-state index contributed by atoms with van der Waals surface area (Å²) in [5, 5.41) is 0. The summed E-state index contributed by atoms with van der Waals surface area (Å²) >= 11 is 0. The summed E-state index contributed by atoms with van der Waals surface area (Å²) in [4.78, 5) is 0. The number of rotatable bonds is 7. The smallest absolute Gasteiger partial charge is 0.0206 e. The van der Waals surface area contributed by atoms with Crippen LogP contribution in [0.5, 0.6) is 0 Å². The Morgan fingerprint density at radius 1 is 1.29 bits per heavy atom. The van der Waals surface area contributed by atoms with Gasteiger partial charge in [-0.15, -0.1) is 6.58 Å². The molecule has 0 aliphatic carbocycles. The van der Waals surface area contributed by atoms with Gasteiger partial charge in [-0.1, -0.05) is 52.3 Å². The Bertz CT molecular complexity index is 178. The maximum absolute atomic E-state index is 4.15. The molecule has 0 rings (SSSR count). The Labute approximate surface area is 90.1 Å². The zero-order valence-corrected chi connectivity index (χ0v) is 10.3. The third-order valence-electron chi connectivity index (χ3n) is 3.41. The molecule has 0 radical (unpaired) electrons. The van der Waals surface area contributed by atoms with E-state index in [0.29, 0.717) is 11.8 Å². The first-order valence-electron chi connectivity index (χ1n) is 5.86. The van der Waals surface area contributed by atoms with Gasteiger partial charge in [0.15, 0.2) is 0 Å². The Kier molecular flexibility index (Phi) is 6.61. The zero-order valence-electron chi connectivity index (χ0n) is 10.3. The fourth-order valence-electron chi connectivity index (χ4n) is 1.95. The summed E-state index contributed by atoms with van der Waals surface area (Å²) in [6.07, 6.45) is 5.67. The van der Waals surface area contributed by atoms with Crippen molar-refractivity contribution in [3.63, 3.8) is 0 Å². The lowest BCUT2D eigenvalue weighted by atomic mass is 9.80. The SMILES string of the molecule is C=CC(C)CC(CC)C(C)C(=C)CC. The van der Waals surface area contributed by atoms with E-state index in [1.54, 1.807) is 0 Å². The molecule has 0 fully saturated rings. The van der Waals surface area contributed by atoms with Crippen molar-refractivity contribution in [3.05, 3.63) is 24.8 Å². The van der Waals surface area contributed by atoms with Gasteiger partial charge in [0.2, 0.25) is 0 Å². The Hall–Kier alpha value is -0.520. The molecule has 0 aliphatic rings. The molecule has 0 spiro atoms. The van der Waals surface area contributed by atoms with E-state index in [0.717, 1.165) is 12.3 Å². The van der Waals surface area contributed by atoms with Crippen molar-refractivity contribution in [1.29, 1.82) is 0 Å². The van der Waals surface area contributed by atoms with Crippen molar-refractivity contribution < 1.29 is 0 Å². The first kappa shape index (κ1) is 13.5. The van der Waals surface area contributed by atoms with E-state index in [-0.39, 0.29) is 0 Å². The normalized spacial score (nSPS) is 17.1. The third-order valence-corrected chi connectivity index (χ3v) is 3.41. The molecule has 0 aliphatic heterocycles. The molecule has 0 N–H and O–H groups in total. The molecule has 0 heterocycles. The average molecular weight is 194 g/mol. The van der Waals surface area contributed by atoms with Crippen LogP contribution in [-0.2, 0) is 0 Å². The van der Waals surface area contributed by atoms with E-state index in [1.165, 1.54) is 18.4 Å². The van der Waals surface area contributed by atoms with Gasteiger partial charge in [-0.25, -0.2) is 0 Å². The van der Waals surface area contributed by atoms with Gasteiger partial charge in [-0.3, -0.25) is 0 Å². The third kappa shape index (κ3) is 4.13. The van der Waals surface area contributed by atoms with Crippen LogP contribution in [0.15, 0.2) is 24.8 Å². The van der Waals surface area contributed by atoms with Crippen LogP contribution in [0, 0.1) is 17.8 Å². The standard InChI is InChI=1S/C14H26/c1-7-11(4)10-14(9-3)13(6)12(5)8-2/h7,11,13-14H,1,5,8-10H2,2-4,6H3. The largest absolute Gasteiger partial charge is 0.103 e. The summed E-state index contributed by atoms with van der Waals surface area (Å²) in [6.45, 7) is 17.0. The van der Waals surface area contributed by atoms with Crippen molar-refractivity contribution in [2.45, 2.75) is 47.0 Å². The Morgan fingerprint density at radius 3 is 2.21 bits per heavy atom. The van der Waals surface area contributed by atoms with Gasteiger partial charge in [0, 0.05) is 0 Å². The number of hydrogen-bond donors (Lipinski definition) is 0. The minimum atomic E-state index is 0.632. The highest BCUT2D eigenvalue weighted by atomic mass is 14.2. The summed E-state index contributed by atoms with van der Waals surface area (Å²) in [6, 6.07) is 0. The van der Waals surface area contributed by atoms with Crippen molar-refractivity contribution in [3.8, 4) is 0 Å². The predicted octanol–water partition coefficient (Wildman–Crippen LogP) is 4.83. The molecule has 0 saturated carbocycles. The summed E-state index contributed by atoms with van der Waals surface area (Å²) in [5.41, 5.74) is 1.40. The summed E-state index contributed by atoms with van der Waals surface area (Å²) in [5.74, 6) is 2.06. The van der Waals surface area contributed by atoms with Crippen LogP contribution in [0.2, 0.25) is 0 Å². The van der Waals surface area contributed by atoms with Crippen LogP contribution in [-0.4, -0.2) is 0 Å². The first-order chi connectivity index (χ1) is 6.56. The van der Waals surface area contributed by atoms with E-state index >= 15 is 0 Å². The minimum Gasteiger partial charge on any atom is -0.103 e. The molecule has 0 aromatic rings. The lowest BCUT2D eigenvalue weighted by Crippen LogP contribution is -2.15. The van der Waals surface area contributed by atoms with Crippen LogP contribution in [0.25, 0.3) is 0 Å². The van der Waals surface area contributed by atoms with Gasteiger partial charge in [-0.05, 0) is 30.6 Å². The topological polar surface area (TPSA) is 0 Å².